The molecular weight excluding hydrogens is 440 g/mol. The van der Waals surface area contributed by atoms with Gasteiger partial charge in [-0.1, -0.05) is 15.9 Å². The summed E-state index contributed by atoms with van der Waals surface area (Å²) in [6.07, 6.45) is 1.52. The van der Waals surface area contributed by atoms with Gasteiger partial charge in [0.2, 0.25) is 11.8 Å². The molecule has 0 spiro atoms. The van der Waals surface area contributed by atoms with Gasteiger partial charge in [-0.25, -0.2) is 4.98 Å². The van der Waals surface area contributed by atoms with Crippen LogP contribution in [0.3, 0.4) is 0 Å². The maximum Gasteiger partial charge on any atom is 0.261 e. The van der Waals surface area contributed by atoms with E-state index in [4.69, 9.17) is 4.74 Å². The fourth-order valence-electron chi connectivity index (χ4n) is 2.81. The van der Waals surface area contributed by atoms with Crippen molar-refractivity contribution in [3.8, 4) is 5.75 Å². The Kier molecular flexibility index (Phi) is 6.28. The van der Waals surface area contributed by atoms with E-state index in [0.717, 1.165) is 4.47 Å². The van der Waals surface area contributed by atoms with Gasteiger partial charge in [0, 0.05) is 30.0 Å². The Morgan fingerprint density at radius 2 is 1.97 bits per heavy atom. The van der Waals surface area contributed by atoms with E-state index in [0.29, 0.717) is 28.0 Å². The summed E-state index contributed by atoms with van der Waals surface area (Å²) < 4.78 is 7.39. The lowest BCUT2D eigenvalue weighted by atomic mass is 10.2. The highest BCUT2D eigenvalue weighted by molar-refractivity contribution is 9.10. The molecule has 2 N–H and O–H groups in total. The molecule has 1 heterocycles. The van der Waals surface area contributed by atoms with Crippen LogP contribution in [0.15, 0.2) is 52.0 Å². The Morgan fingerprint density at radius 3 is 2.69 bits per heavy atom. The van der Waals surface area contributed by atoms with Crippen LogP contribution < -0.4 is 20.9 Å². The van der Waals surface area contributed by atoms with Gasteiger partial charge in [-0.2, -0.15) is 0 Å². The lowest BCUT2D eigenvalue weighted by molar-refractivity contribution is -0.116. The fraction of sp³-hybridized carbons (Fsp3) is 0.200. The van der Waals surface area contributed by atoms with E-state index in [9.17, 15) is 14.4 Å². The van der Waals surface area contributed by atoms with E-state index >= 15 is 0 Å². The molecule has 2 amide bonds. The molecule has 3 rings (SSSR count). The van der Waals surface area contributed by atoms with E-state index in [1.165, 1.54) is 24.9 Å². The number of hydrogen-bond acceptors (Lipinski definition) is 5. The number of nitrogens with zero attached hydrogens (tertiary/aromatic N) is 2. The van der Waals surface area contributed by atoms with Gasteiger partial charge in [0.15, 0.2) is 0 Å². The molecule has 0 saturated carbocycles. The second-order valence-corrected chi connectivity index (χ2v) is 7.21. The Balaban J connectivity index is 1.70. The first-order valence-electron chi connectivity index (χ1n) is 8.77. The maximum absolute atomic E-state index is 12.6. The molecule has 0 aliphatic heterocycles. The van der Waals surface area contributed by atoms with Crippen molar-refractivity contribution < 1.29 is 14.3 Å². The quantitative estimate of drug-likeness (QED) is 0.590. The SMILES string of the molecule is COc1ccc(NC(=O)CCn2cnc3ccc(Br)cc3c2=O)cc1NC(C)=O. The van der Waals surface area contributed by atoms with Gasteiger partial charge in [0.1, 0.15) is 5.75 Å². The first-order chi connectivity index (χ1) is 13.9. The summed E-state index contributed by atoms with van der Waals surface area (Å²) in [6, 6.07) is 10.2. The van der Waals surface area contributed by atoms with Crippen LogP contribution in [0, 0.1) is 0 Å². The Morgan fingerprint density at radius 1 is 1.17 bits per heavy atom. The minimum Gasteiger partial charge on any atom is -0.495 e. The largest absolute Gasteiger partial charge is 0.495 e. The van der Waals surface area contributed by atoms with Crippen LogP contribution in [0.2, 0.25) is 0 Å². The number of halogens is 1. The first kappa shape index (κ1) is 20.5. The molecule has 0 bridgehead atoms. The van der Waals surface area contributed by atoms with Crippen molar-refractivity contribution in [2.24, 2.45) is 0 Å². The van der Waals surface area contributed by atoms with Crippen molar-refractivity contribution in [2.75, 3.05) is 17.7 Å². The van der Waals surface area contributed by atoms with Gasteiger partial charge in [-0.15, -0.1) is 0 Å². The summed E-state index contributed by atoms with van der Waals surface area (Å²) in [7, 11) is 1.49. The number of fused-ring (bicyclic) bond motifs is 1. The van der Waals surface area contributed by atoms with E-state index in [1.54, 1.807) is 30.3 Å². The number of benzene rings is 2. The molecule has 0 atom stereocenters. The second kappa shape index (κ2) is 8.87. The van der Waals surface area contributed by atoms with Crippen molar-refractivity contribution in [2.45, 2.75) is 19.9 Å². The van der Waals surface area contributed by atoms with Gasteiger partial charge in [0.25, 0.3) is 5.56 Å². The first-order valence-corrected chi connectivity index (χ1v) is 9.57. The summed E-state index contributed by atoms with van der Waals surface area (Å²) in [5, 5.41) is 5.89. The molecule has 9 heteroatoms. The summed E-state index contributed by atoms with van der Waals surface area (Å²) in [6.45, 7) is 1.58. The van der Waals surface area contributed by atoms with Crippen LogP contribution in [0.1, 0.15) is 13.3 Å². The third-order valence-electron chi connectivity index (χ3n) is 4.16. The normalized spacial score (nSPS) is 10.6. The zero-order chi connectivity index (χ0) is 21.0. The zero-order valence-electron chi connectivity index (χ0n) is 15.9. The van der Waals surface area contributed by atoms with Crippen LogP contribution in [-0.2, 0) is 16.1 Å². The molecule has 0 radical (unpaired) electrons. The van der Waals surface area contributed by atoms with Crippen molar-refractivity contribution in [1.82, 2.24) is 9.55 Å². The predicted molar refractivity (Wildman–Crippen MR) is 114 cm³/mol. The molecule has 29 heavy (non-hydrogen) atoms. The maximum atomic E-state index is 12.6. The number of hydrogen-bond donors (Lipinski definition) is 2. The minimum atomic E-state index is -0.273. The summed E-state index contributed by atoms with van der Waals surface area (Å²) >= 11 is 3.35. The Labute approximate surface area is 175 Å². The summed E-state index contributed by atoms with van der Waals surface area (Å²) in [5.74, 6) is -0.0371. The number of anilines is 2. The zero-order valence-corrected chi connectivity index (χ0v) is 17.4. The standard InChI is InChI=1S/C20H19BrN4O4/c1-12(26)23-17-10-14(4-6-18(17)29-2)24-19(27)7-8-25-11-22-16-5-3-13(21)9-15(16)20(25)28/h3-6,9-11H,7-8H2,1-2H3,(H,23,26)(H,24,27). The van der Waals surface area contributed by atoms with Crippen LogP contribution >= 0.6 is 15.9 Å². The smallest absolute Gasteiger partial charge is 0.261 e. The van der Waals surface area contributed by atoms with Crippen LogP contribution in [0.25, 0.3) is 10.9 Å². The number of carbonyl (C=O) groups excluding carboxylic acids is 2. The van der Waals surface area contributed by atoms with E-state index in [-0.39, 0.29) is 30.3 Å². The minimum absolute atomic E-state index is 0.0859. The van der Waals surface area contributed by atoms with Gasteiger partial charge in [-0.05, 0) is 36.4 Å². The second-order valence-electron chi connectivity index (χ2n) is 6.30. The lowest BCUT2D eigenvalue weighted by Gasteiger charge is -2.12. The third-order valence-corrected chi connectivity index (χ3v) is 4.65. The van der Waals surface area contributed by atoms with Crippen LogP contribution in [0.4, 0.5) is 11.4 Å². The fourth-order valence-corrected chi connectivity index (χ4v) is 3.17. The molecule has 0 saturated heterocycles. The molecule has 150 valence electrons. The number of amides is 2. The number of ether oxygens (including phenoxy) is 1. The number of aryl methyl sites for hydroxylation is 1. The molecule has 0 unspecified atom stereocenters. The number of nitrogens with one attached hydrogen (secondary N) is 2. The Bertz CT molecular complexity index is 1140. The average molecular weight is 459 g/mol. The summed E-state index contributed by atoms with van der Waals surface area (Å²) in [4.78, 5) is 40.5. The van der Waals surface area contributed by atoms with Crippen molar-refractivity contribution in [3.63, 3.8) is 0 Å². The number of rotatable bonds is 6. The van der Waals surface area contributed by atoms with Gasteiger partial charge >= 0.3 is 0 Å². The lowest BCUT2D eigenvalue weighted by Crippen LogP contribution is -2.23. The predicted octanol–water partition coefficient (Wildman–Crippen LogP) is 3.15. The van der Waals surface area contributed by atoms with Gasteiger partial charge in [0.05, 0.1) is 30.0 Å². The van der Waals surface area contributed by atoms with Gasteiger partial charge in [-0.3, -0.25) is 19.0 Å². The van der Waals surface area contributed by atoms with Crippen molar-refractivity contribution in [1.29, 1.82) is 0 Å². The number of aromatic nitrogens is 2. The van der Waals surface area contributed by atoms with Crippen molar-refractivity contribution >= 4 is 50.0 Å². The molecule has 1 aromatic heterocycles. The molecule has 0 aliphatic rings. The molecule has 3 aromatic rings. The Hall–Kier alpha value is -3.20. The molecule has 0 fully saturated rings. The molecule has 8 nitrogen and oxygen atoms in total. The van der Waals surface area contributed by atoms with E-state index in [1.807, 2.05) is 6.07 Å². The highest BCUT2D eigenvalue weighted by atomic mass is 79.9. The highest BCUT2D eigenvalue weighted by Gasteiger charge is 2.10. The van der Waals surface area contributed by atoms with E-state index in [2.05, 4.69) is 31.5 Å². The summed E-state index contributed by atoms with van der Waals surface area (Å²) in [5.41, 5.74) is 1.36. The highest BCUT2D eigenvalue weighted by Crippen LogP contribution is 2.27. The van der Waals surface area contributed by atoms with Crippen LogP contribution in [0.5, 0.6) is 5.75 Å². The third kappa shape index (κ3) is 5.00. The number of carbonyl (C=O) groups is 2. The molecule has 0 aliphatic carbocycles. The number of methoxy groups -OCH3 is 1. The topological polar surface area (TPSA) is 102 Å². The van der Waals surface area contributed by atoms with Crippen molar-refractivity contribution in [3.05, 3.63) is 57.6 Å². The van der Waals surface area contributed by atoms with Crippen LogP contribution in [-0.4, -0.2) is 28.5 Å². The monoisotopic (exact) mass is 458 g/mol. The average Bonchev–Trinajstić information content (AvgIpc) is 2.68. The molecular formula is C20H19BrN4O4. The van der Waals surface area contributed by atoms with Gasteiger partial charge < -0.3 is 15.4 Å². The van der Waals surface area contributed by atoms with E-state index < -0.39 is 0 Å². The molecule has 2 aromatic carbocycles.